The van der Waals surface area contributed by atoms with Crippen LogP contribution in [-0.4, -0.2) is 35.1 Å². The number of fused-ring (bicyclic) bond motifs is 6. The van der Waals surface area contributed by atoms with Gasteiger partial charge in [-0.2, -0.15) is 0 Å². The number of ether oxygens (including phenoxy) is 3. The maximum atomic E-state index is 11.5. The Balaban J connectivity index is 1.47. The summed E-state index contributed by atoms with van der Waals surface area (Å²) >= 11 is 0. The van der Waals surface area contributed by atoms with E-state index in [2.05, 4.69) is 6.92 Å². The summed E-state index contributed by atoms with van der Waals surface area (Å²) in [5, 5.41) is 32.1. The van der Waals surface area contributed by atoms with Crippen LogP contribution in [0.3, 0.4) is 0 Å². The number of phenols is 2. The quantitative estimate of drug-likeness (QED) is 0.331. The Morgan fingerprint density at radius 2 is 1.89 bits per heavy atom. The van der Waals surface area contributed by atoms with Crippen LogP contribution in [0.25, 0.3) is 11.1 Å². The van der Waals surface area contributed by atoms with E-state index in [1.54, 1.807) is 19.2 Å². The number of unbranched alkanes of at least 4 members (excludes halogenated alkanes) is 2. The molecule has 3 atom stereocenters. The van der Waals surface area contributed by atoms with Crippen molar-refractivity contribution in [1.29, 1.82) is 0 Å². The van der Waals surface area contributed by atoms with E-state index >= 15 is 0 Å². The second-order valence-corrected chi connectivity index (χ2v) is 10.8. The first-order chi connectivity index (χ1) is 18.5. The number of phenolic OH excluding ortho intramolecular Hbond substituents is 2. The third kappa shape index (κ3) is 4.15. The fourth-order valence-corrected chi connectivity index (χ4v) is 6.69. The van der Waals surface area contributed by atoms with Gasteiger partial charge in [0.2, 0.25) is 0 Å². The molecule has 6 rings (SSSR count). The zero-order valence-corrected chi connectivity index (χ0v) is 22.1. The minimum absolute atomic E-state index is 0.129. The zero-order valence-electron chi connectivity index (χ0n) is 22.1. The maximum absolute atomic E-state index is 11.5. The number of aliphatic hydroxyl groups excluding tert-OH is 1. The molecule has 0 radical (unpaired) electrons. The third-order valence-corrected chi connectivity index (χ3v) is 8.43. The zero-order chi connectivity index (χ0) is 26.4. The van der Waals surface area contributed by atoms with Gasteiger partial charge in [0.25, 0.3) is 0 Å². The standard InChI is InChI=1S/C32H36O6/c1-3-4-5-7-18-14-19-15-20(33)9-10-21(19)30-28(36-2)17-27-24(29(18)30)16-26(35)32(38-27)23-11-12-25(34)31-22(23)8-6-13-37-31/h9-12,15,17-18,26,32-35H,3-8,13-14,16H2,1-2H3/t18-,26+,32-/m0/s1. The van der Waals surface area contributed by atoms with Crippen LogP contribution >= 0.6 is 0 Å². The topological polar surface area (TPSA) is 88.4 Å². The molecular formula is C32H36O6. The van der Waals surface area contributed by atoms with E-state index in [1.807, 2.05) is 24.3 Å². The Kier molecular flexibility index (Phi) is 6.60. The largest absolute Gasteiger partial charge is 0.508 e. The molecule has 0 saturated heterocycles. The van der Waals surface area contributed by atoms with Crippen molar-refractivity contribution in [3.8, 4) is 39.9 Å². The van der Waals surface area contributed by atoms with Crippen LogP contribution in [0.4, 0.5) is 0 Å². The number of aromatic hydroxyl groups is 2. The minimum Gasteiger partial charge on any atom is -0.508 e. The Morgan fingerprint density at radius 1 is 1.03 bits per heavy atom. The number of aliphatic hydroxyl groups is 1. The molecule has 1 aliphatic carbocycles. The maximum Gasteiger partial charge on any atom is 0.164 e. The van der Waals surface area contributed by atoms with Gasteiger partial charge in [0, 0.05) is 34.7 Å². The Hall–Kier alpha value is -3.38. The summed E-state index contributed by atoms with van der Waals surface area (Å²) in [6.45, 7) is 2.79. The predicted octanol–water partition coefficient (Wildman–Crippen LogP) is 6.36. The lowest BCUT2D eigenvalue weighted by Gasteiger charge is -2.38. The molecule has 6 nitrogen and oxygen atoms in total. The van der Waals surface area contributed by atoms with Crippen molar-refractivity contribution in [3.05, 3.63) is 64.2 Å². The molecule has 6 heteroatoms. The van der Waals surface area contributed by atoms with E-state index in [0.29, 0.717) is 18.8 Å². The van der Waals surface area contributed by atoms with Crippen molar-refractivity contribution in [2.75, 3.05) is 13.7 Å². The normalized spacial score (nSPS) is 21.3. The van der Waals surface area contributed by atoms with Gasteiger partial charge < -0.3 is 29.5 Å². The molecule has 2 aliphatic heterocycles. The average molecular weight is 517 g/mol. The van der Waals surface area contributed by atoms with E-state index in [1.165, 1.54) is 12.0 Å². The molecule has 38 heavy (non-hydrogen) atoms. The molecule has 2 heterocycles. The lowest BCUT2D eigenvalue weighted by Crippen LogP contribution is -2.33. The van der Waals surface area contributed by atoms with Crippen LogP contribution in [0.5, 0.6) is 28.7 Å². The molecule has 200 valence electrons. The Labute approximate surface area is 223 Å². The van der Waals surface area contributed by atoms with Crippen LogP contribution in [0.15, 0.2) is 36.4 Å². The van der Waals surface area contributed by atoms with Crippen molar-refractivity contribution in [3.63, 3.8) is 0 Å². The first-order valence-electron chi connectivity index (χ1n) is 13.9. The smallest absolute Gasteiger partial charge is 0.164 e. The predicted molar refractivity (Wildman–Crippen MR) is 146 cm³/mol. The van der Waals surface area contributed by atoms with Crippen LogP contribution in [0.2, 0.25) is 0 Å². The second kappa shape index (κ2) is 10.1. The Bertz CT molecular complexity index is 1360. The number of hydrogen-bond acceptors (Lipinski definition) is 6. The monoisotopic (exact) mass is 516 g/mol. The molecule has 3 aromatic carbocycles. The summed E-state index contributed by atoms with van der Waals surface area (Å²) in [5.74, 6) is 2.66. The molecule has 0 fully saturated rings. The van der Waals surface area contributed by atoms with Gasteiger partial charge in [-0.05, 0) is 66.5 Å². The van der Waals surface area contributed by atoms with Gasteiger partial charge in [-0.25, -0.2) is 0 Å². The van der Waals surface area contributed by atoms with Gasteiger partial charge in [0.05, 0.1) is 19.8 Å². The van der Waals surface area contributed by atoms with E-state index in [9.17, 15) is 15.3 Å². The Morgan fingerprint density at radius 3 is 2.71 bits per heavy atom. The van der Waals surface area contributed by atoms with E-state index in [0.717, 1.165) is 83.4 Å². The first kappa shape index (κ1) is 24.9. The van der Waals surface area contributed by atoms with E-state index < -0.39 is 12.2 Å². The van der Waals surface area contributed by atoms with Crippen molar-refractivity contribution in [1.82, 2.24) is 0 Å². The highest BCUT2D eigenvalue weighted by molar-refractivity contribution is 5.83. The molecule has 0 amide bonds. The van der Waals surface area contributed by atoms with Crippen molar-refractivity contribution < 1.29 is 29.5 Å². The highest BCUT2D eigenvalue weighted by atomic mass is 16.5. The molecule has 3 N–H and O–H groups in total. The minimum atomic E-state index is -0.743. The van der Waals surface area contributed by atoms with Crippen molar-refractivity contribution in [2.24, 2.45) is 0 Å². The third-order valence-electron chi connectivity index (χ3n) is 8.43. The van der Waals surface area contributed by atoms with E-state index in [4.69, 9.17) is 14.2 Å². The molecular weight excluding hydrogens is 480 g/mol. The number of rotatable bonds is 6. The summed E-state index contributed by atoms with van der Waals surface area (Å²) in [4.78, 5) is 0. The fraction of sp³-hybridized carbons (Fsp3) is 0.438. The summed E-state index contributed by atoms with van der Waals surface area (Å²) in [6, 6.07) is 11.0. The van der Waals surface area contributed by atoms with Crippen LogP contribution < -0.4 is 14.2 Å². The van der Waals surface area contributed by atoms with Gasteiger partial charge >= 0.3 is 0 Å². The molecule has 0 unspecified atom stereocenters. The highest BCUT2D eigenvalue weighted by Crippen LogP contribution is 2.54. The van der Waals surface area contributed by atoms with Gasteiger partial charge in [-0.15, -0.1) is 0 Å². The van der Waals surface area contributed by atoms with Crippen LogP contribution in [-0.2, 0) is 19.3 Å². The van der Waals surface area contributed by atoms with Gasteiger partial charge in [-0.1, -0.05) is 38.3 Å². The summed E-state index contributed by atoms with van der Waals surface area (Å²) in [7, 11) is 1.69. The summed E-state index contributed by atoms with van der Waals surface area (Å²) in [5.41, 5.74) is 7.30. The first-order valence-corrected chi connectivity index (χ1v) is 13.9. The SMILES string of the molecule is CCCCC[C@H]1Cc2cc(O)ccc2-c2c(OC)cc3c(c21)C[C@@H](O)[C@H](c1ccc(O)c2c1CCCO2)O3. The van der Waals surface area contributed by atoms with Crippen molar-refractivity contribution >= 4 is 0 Å². The average Bonchev–Trinajstić information content (AvgIpc) is 2.92. The molecule has 3 aliphatic rings. The van der Waals surface area contributed by atoms with E-state index in [-0.39, 0.29) is 17.4 Å². The van der Waals surface area contributed by atoms with Gasteiger partial charge in [0.15, 0.2) is 17.6 Å². The number of benzene rings is 3. The van der Waals surface area contributed by atoms with Crippen LogP contribution in [0.1, 0.15) is 78.9 Å². The molecule has 3 aromatic rings. The summed E-state index contributed by atoms with van der Waals surface area (Å²) < 4.78 is 18.4. The molecule has 0 saturated carbocycles. The van der Waals surface area contributed by atoms with Gasteiger partial charge in [0.1, 0.15) is 17.2 Å². The second-order valence-electron chi connectivity index (χ2n) is 10.8. The number of methoxy groups -OCH3 is 1. The molecule has 0 bridgehead atoms. The number of hydrogen-bond donors (Lipinski definition) is 3. The van der Waals surface area contributed by atoms with Gasteiger partial charge in [-0.3, -0.25) is 0 Å². The lowest BCUT2D eigenvalue weighted by molar-refractivity contribution is 0.0193. The molecule has 0 aromatic heterocycles. The van der Waals surface area contributed by atoms with Crippen molar-refractivity contribution in [2.45, 2.75) is 76.4 Å². The fourth-order valence-electron chi connectivity index (χ4n) is 6.69. The summed E-state index contributed by atoms with van der Waals surface area (Å²) in [6.07, 6.45) is 6.10. The van der Waals surface area contributed by atoms with Crippen LogP contribution in [0, 0.1) is 0 Å². The molecule has 0 spiro atoms. The lowest BCUT2D eigenvalue weighted by atomic mass is 9.72. The highest BCUT2D eigenvalue weighted by Gasteiger charge is 2.39.